The second kappa shape index (κ2) is 9.91. The number of halogens is 3. The van der Waals surface area contributed by atoms with Crippen molar-refractivity contribution in [2.75, 3.05) is 38.7 Å². The molecule has 7 nitrogen and oxygen atoms in total. The highest BCUT2D eigenvalue weighted by atomic mass is 35.5. The molecule has 172 valence electrons. The molecule has 3 aromatic rings. The number of ether oxygens (including phenoxy) is 2. The minimum Gasteiger partial charge on any atom is -0.491 e. The second-order valence-corrected chi connectivity index (χ2v) is 8.25. The summed E-state index contributed by atoms with van der Waals surface area (Å²) >= 11 is 11.8. The van der Waals surface area contributed by atoms with Crippen molar-refractivity contribution in [1.82, 2.24) is 14.9 Å². The van der Waals surface area contributed by atoms with Crippen LogP contribution in [0, 0.1) is 5.82 Å². The number of nitrogens with zero attached hydrogens (tertiary/aromatic N) is 3. The first kappa shape index (κ1) is 23.2. The Morgan fingerprint density at radius 1 is 1.30 bits per heavy atom. The van der Waals surface area contributed by atoms with E-state index in [1.165, 1.54) is 24.5 Å². The maximum Gasteiger partial charge on any atom is 0.245 e. The SMILES string of the molecule is C=CC(=O)N1CC(c2cc3c(Nc4ccc(Cl)c(Cl)c4F)ncnc3cc2OCCOC)C1. The number of benzene rings is 2. The van der Waals surface area contributed by atoms with Crippen LogP contribution in [0.25, 0.3) is 10.9 Å². The molecule has 1 saturated heterocycles. The third kappa shape index (κ3) is 4.73. The summed E-state index contributed by atoms with van der Waals surface area (Å²) in [5, 5.41) is 3.61. The fourth-order valence-corrected chi connectivity index (χ4v) is 3.92. The lowest BCUT2D eigenvalue weighted by atomic mass is 9.89. The molecule has 4 rings (SSSR count). The van der Waals surface area contributed by atoms with Crippen LogP contribution in [0.15, 0.2) is 43.2 Å². The number of carbonyl (C=O) groups excluding carboxylic acids is 1. The van der Waals surface area contributed by atoms with Crippen molar-refractivity contribution < 1.29 is 18.7 Å². The summed E-state index contributed by atoms with van der Waals surface area (Å²) in [7, 11) is 1.60. The highest BCUT2D eigenvalue weighted by Gasteiger charge is 2.33. The quantitative estimate of drug-likeness (QED) is 0.273. The van der Waals surface area contributed by atoms with Crippen molar-refractivity contribution in [1.29, 1.82) is 0 Å². The van der Waals surface area contributed by atoms with Gasteiger partial charge >= 0.3 is 0 Å². The summed E-state index contributed by atoms with van der Waals surface area (Å²) < 4.78 is 25.6. The third-order valence-corrected chi connectivity index (χ3v) is 6.19. The first-order chi connectivity index (χ1) is 15.9. The Morgan fingerprint density at radius 3 is 2.82 bits per heavy atom. The summed E-state index contributed by atoms with van der Waals surface area (Å²) in [6.45, 7) is 5.40. The zero-order valence-corrected chi connectivity index (χ0v) is 19.3. The van der Waals surface area contributed by atoms with Gasteiger partial charge in [-0.15, -0.1) is 0 Å². The summed E-state index contributed by atoms with van der Waals surface area (Å²) in [4.78, 5) is 22.2. The molecule has 1 aliphatic heterocycles. The number of rotatable bonds is 8. The Hall–Kier alpha value is -2.94. The van der Waals surface area contributed by atoms with Gasteiger partial charge in [0, 0.05) is 43.1 Å². The molecule has 0 radical (unpaired) electrons. The Labute approximate surface area is 200 Å². The molecule has 1 fully saturated rings. The average Bonchev–Trinajstić information content (AvgIpc) is 2.78. The topological polar surface area (TPSA) is 76.6 Å². The smallest absolute Gasteiger partial charge is 0.245 e. The van der Waals surface area contributed by atoms with Gasteiger partial charge in [0.05, 0.1) is 27.9 Å². The molecule has 0 atom stereocenters. The fraction of sp³-hybridized carbons (Fsp3) is 0.261. The number of hydrogen-bond donors (Lipinski definition) is 1. The van der Waals surface area contributed by atoms with Gasteiger partial charge in [-0.2, -0.15) is 0 Å². The summed E-state index contributed by atoms with van der Waals surface area (Å²) in [6, 6.07) is 6.72. The highest BCUT2D eigenvalue weighted by molar-refractivity contribution is 6.42. The molecule has 2 heterocycles. The molecule has 0 spiro atoms. The summed E-state index contributed by atoms with van der Waals surface area (Å²) in [6.07, 6.45) is 2.68. The number of carbonyl (C=O) groups is 1. The van der Waals surface area contributed by atoms with Crippen LogP contribution >= 0.6 is 23.2 Å². The Kier molecular flexibility index (Phi) is 6.97. The molecule has 0 aliphatic carbocycles. The van der Waals surface area contributed by atoms with Gasteiger partial charge in [0.25, 0.3) is 0 Å². The fourth-order valence-electron chi connectivity index (χ4n) is 3.61. The van der Waals surface area contributed by atoms with Gasteiger partial charge in [0.15, 0.2) is 5.82 Å². The second-order valence-electron chi connectivity index (χ2n) is 7.46. The Bertz CT molecular complexity index is 1220. The van der Waals surface area contributed by atoms with Crippen LogP contribution in [0.1, 0.15) is 11.5 Å². The van der Waals surface area contributed by atoms with Crippen LogP contribution in [-0.2, 0) is 9.53 Å². The van der Waals surface area contributed by atoms with Gasteiger partial charge < -0.3 is 19.7 Å². The summed E-state index contributed by atoms with van der Waals surface area (Å²) in [5.74, 6) is 0.328. The third-order valence-electron chi connectivity index (χ3n) is 5.41. The molecule has 0 unspecified atom stereocenters. The van der Waals surface area contributed by atoms with E-state index >= 15 is 0 Å². The number of likely N-dealkylation sites (tertiary alicyclic amines) is 1. The Balaban J connectivity index is 1.72. The molecular formula is C23H21Cl2FN4O3. The van der Waals surface area contributed by atoms with E-state index in [4.69, 9.17) is 32.7 Å². The number of anilines is 2. The number of fused-ring (bicyclic) bond motifs is 1. The van der Waals surface area contributed by atoms with Crippen LogP contribution in [0.5, 0.6) is 5.75 Å². The molecule has 33 heavy (non-hydrogen) atoms. The molecule has 1 N–H and O–H groups in total. The van der Waals surface area contributed by atoms with E-state index < -0.39 is 5.82 Å². The predicted molar refractivity (Wildman–Crippen MR) is 126 cm³/mol. The average molecular weight is 491 g/mol. The molecule has 0 bridgehead atoms. The monoisotopic (exact) mass is 490 g/mol. The van der Waals surface area contributed by atoms with E-state index in [1.54, 1.807) is 12.0 Å². The van der Waals surface area contributed by atoms with Gasteiger partial charge in [0.2, 0.25) is 5.91 Å². The van der Waals surface area contributed by atoms with Crippen molar-refractivity contribution in [2.45, 2.75) is 5.92 Å². The number of amides is 1. The van der Waals surface area contributed by atoms with E-state index in [2.05, 4.69) is 21.9 Å². The van der Waals surface area contributed by atoms with Gasteiger partial charge in [-0.05, 0) is 24.3 Å². The Morgan fingerprint density at radius 2 is 2.09 bits per heavy atom. The van der Waals surface area contributed by atoms with Crippen LogP contribution in [0.4, 0.5) is 15.9 Å². The van der Waals surface area contributed by atoms with Crippen LogP contribution < -0.4 is 10.1 Å². The van der Waals surface area contributed by atoms with Crippen molar-refractivity contribution in [2.24, 2.45) is 0 Å². The van der Waals surface area contributed by atoms with E-state index in [9.17, 15) is 9.18 Å². The number of aromatic nitrogens is 2. The maximum absolute atomic E-state index is 14.6. The molecule has 10 heteroatoms. The zero-order chi connectivity index (χ0) is 23.5. The number of hydrogen-bond acceptors (Lipinski definition) is 6. The zero-order valence-electron chi connectivity index (χ0n) is 17.8. The van der Waals surface area contributed by atoms with Crippen molar-refractivity contribution in [3.63, 3.8) is 0 Å². The van der Waals surface area contributed by atoms with Gasteiger partial charge in [0.1, 0.15) is 24.5 Å². The van der Waals surface area contributed by atoms with E-state index in [0.29, 0.717) is 48.8 Å². The normalized spacial score (nSPS) is 13.6. The number of nitrogens with one attached hydrogen (secondary N) is 1. The molecule has 0 saturated carbocycles. The molecule has 2 aromatic carbocycles. The van der Waals surface area contributed by atoms with Gasteiger partial charge in [-0.3, -0.25) is 4.79 Å². The minimum absolute atomic E-state index is 0.0608. The maximum atomic E-state index is 14.6. The molecular weight excluding hydrogens is 470 g/mol. The van der Waals surface area contributed by atoms with Crippen LogP contribution in [-0.4, -0.2) is 54.2 Å². The van der Waals surface area contributed by atoms with E-state index in [1.807, 2.05) is 12.1 Å². The van der Waals surface area contributed by atoms with Gasteiger partial charge in [-0.1, -0.05) is 29.8 Å². The highest BCUT2D eigenvalue weighted by Crippen LogP contribution is 2.39. The predicted octanol–water partition coefficient (Wildman–Crippen LogP) is 4.96. The lowest BCUT2D eigenvalue weighted by Gasteiger charge is -2.39. The van der Waals surface area contributed by atoms with Gasteiger partial charge in [-0.25, -0.2) is 14.4 Å². The van der Waals surface area contributed by atoms with Crippen molar-refractivity contribution in [3.8, 4) is 5.75 Å². The largest absolute Gasteiger partial charge is 0.491 e. The lowest BCUT2D eigenvalue weighted by Crippen LogP contribution is -2.47. The first-order valence-electron chi connectivity index (χ1n) is 10.1. The van der Waals surface area contributed by atoms with Crippen molar-refractivity contribution in [3.05, 3.63) is 64.7 Å². The first-order valence-corrected chi connectivity index (χ1v) is 10.9. The van der Waals surface area contributed by atoms with Crippen LogP contribution in [0.3, 0.4) is 0 Å². The summed E-state index contributed by atoms with van der Waals surface area (Å²) in [5.41, 5.74) is 1.65. The van der Waals surface area contributed by atoms with E-state index in [-0.39, 0.29) is 27.6 Å². The van der Waals surface area contributed by atoms with Crippen molar-refractivity contribution >= 4 is 51.5 Å². The molecule has 1 aliphatic rings. The van der Waals surface area contributed by atoms with Crippen LogP contribution in [0.2, 0.25) is 10.0 Å². The lowest BCUT2D eigenvalue weighted by molar-refractivity contribution is -0.130. The standard InChI is InChI=1S/C23H21Cl2FN4O3/c1-3-20(31)30-10-13(11-30)14-8-15-18(9-19(14)33-7-6-32-2)27-12-28-23(15)29-17-5-4-16(24)21(25)22(17)26/h3-5,8-9,12-13H,1,6-7,10-11H2,2H3,(H,27,28,29). The molecule has 1 aromatic heterocycles. The van der Waals surface area contributed by atoms with E-state index in [0.717, 1.165) is 5.56 Å². The number of methoxy groups -OCH3 is 1. The minimum atomic E-state index is -0.673. The molecule has 1 amide bonds.